The Bertz CT molecular complexity index is 505. The van der Waals surface area contributed by atoms with E-state index in [9.17, 15) is 0 Å². The van der Waals surface area contributed by atoms with Gasteiger partial charge < -0.3 is 19.5 Å². The largest absolute Gasteiger partial charge is 0.385 e. The molecule has 0 aliphatic carbocycles. The number of likely N-dealkylation sites (tertiary alicyclic amines) is 1. The number of guanidine groups is 1. The number of methoxy groups -OCH3 is 1. The van der Waals surface area contributed by atoms with E-state index in [1.54, 1.807) is 7.11 Å². The van der Waals surface area contributed by atoms with Gasteiger partial charge in [0, 0.05) is 40.4 Å². The van der Waals surface area contributed by atoms with Crippen LogP contribution in [0.25, 0.3) is 0 Å². The van der Waals surface area contributed by atoms with Gasteiger partial charge in [-0.15, -0.1) is 10.2 Å². The van der Waals surface area contributed by atoms with Crippen molar-refractivity contribution in [1.29, 1.82) is 0 Å². The molecule has 1 saturated heterocycles. The first-order valence-corrected chi connectivity index (χ1v) is 8.49. The number of piperidine rings is 1. The van der Waals surface area contributed by atoms with E-state index in [4.69, 9.17) is 9.73 Å². The van der Waals surface area contributed by atoms with Crippen molar-refractivity contribution < 1.29 is 4.74 Å². The van der Waals surface area contributed by atoms with Crippen molar-refractivity contribution in [2.24, 2.45) is 18.0 Å². The number of hydrogen-bond donors (Lipinski definition) is 1. The lowest BCUT2D eigenvalue weighted by molar-refractivity contribution is 0.195. The van der Waals surface area contributed by atoms with Crippen LogP contribution in [0.5, 0.6) is 0 Å². The summed E-state index contributed by atoms with van der Waals surface area (Å²) >= 11 is 0. The highest BCUT2D eigenvalue weighted by Gasteiger charge is 2.19. The number of nitrogens with one attached hydrogen (secondary N) is 1. The van der Waals surface area contributed by atoms with E-state index in [0.29, 0.717) is 6.54 Å². The molecular formula is C16H30N6O. The Labute approximate surface area is 139 Å². The zero-order valence-electron chi connectivity index (χ0n) is 14.9. The molecule has 7 nitrogen and oxygen atoms in total. The lowest BCUT2D eigenvalue weighted by Crippen LogP contribution is -2.45. The minimum absolute atomic E-state index is 0.552. The van der Waals surface area contributed by atoms with E-state index in [2.05, 4.69) is 27.3 Å². The normalized spacial score (nSPS) is 16.9. The SMILES string of the molecule is COCCCNC(=NCc1nnc(C)n1C)N1CCC(C)CC1. The predicted octanol–water partition coefficient (Wildman–Crippen LogP) is 1.34. The van der Waals surface area contributed by atoms with Gasteiger partial charge in [-0.1, -0.05) is 6.92 Å². The molecule has 0 saturated carbocycles. The number of aromatic nitrogens is 3. The van der Waals surface area contributed by atoms with Crippen molar-refractivity contribution in [3.8, 4) is 0 Å². The van der Waals surface area contributed by atoms with Crippen molar-refractivity contribution in [3.05, 3.63) is 11.6 Å². The van der Waals surface area contributed by atoms with Crippen LogP contribution in [0, 0.1) is 12.8 Å². The molecule has 1 N–H and O–H groups in total. The summed E-state index contributed by atoms with van der Waals surface area (Å²) in [6, 6.07) is 0. The molecule has 0 spiro atoms. The number of aryl methyl sites for hydroxylation is 1. The molecule has 1 aromatic rings. The molecule has 0 radical (unpaired) electrons. The number of nitrogens with zero attached hydrogens (tertiary/aromatic N) is 5. The zero-order chi connectivity index (χ0) is 16.7. The Morgan fingerprint density at radius 2 is 2.09 bits per heavy atom. The first kappa shape index (κ1) is 17.7. The molecule has 0 amide bonds. The van der Waals surface area contributed by atoms with Crippen LogP contribution < -0.4 is 5.32 Å². The second-order valence-electron chi connectivity index (χ2n) is 6.30. The predicted molar refractivity (Wildman–Crippen MR) is 91.3 cm³/mol. The van der Waals surface area contributed by atoms with Gasteiger partial charge >= 0.3 is 0 Å². The average molecular weight is 322 g/mol. The Morgan fingerprint density at radius 1 is 1.35 bits per heavy atom. The van der Waals surface area contributed by atoms with Gasteiger partial charge in [0.25, 0.3) is 0 Å². The lowest BCUT2D eigenvalue weighted by atomic mass is 10.00. The molecule has 0 bridgehead atoms. The summed E-state index contributed by atoms with van der Waals surface area (Å²) in [5.41, 5.74) is 0. The van der Waals surface area contributed by atoms with E-state index < -0.39 is 0 Å². The zero-order valence-corrected chi connectivity index (χ0v) is 14.9. The highest BCUT2D eigenvalue weighted by atomic mass is 16.5. The van der Waals surface area contributed by atoms with Crippen LogP contribution in [0.1, 0.15) is 37.8 Å². The van der Waals surface area contributed by atoms with Crippen LogP contribution in [0.3, 0.4) is 0 Å². The third kappa shape index (κ3) is 5.20. The lowest BCUT2D eigenvalue weighted by Gasteiger charge is -2.33. The molecule has 0 aromatic carbocycles. The first-order valence-electron chi connectivity index (χ1n) is 8.49. The van der Waals surface area contributed by atoms with Gasteiger partial charge in [0.05, 0.1) is 0 Å². The minimum Gasteiger partial charge on any atom is -0.385 e. The third-order valence-corrected chi connectivity index (χ3v) is 4.44. The number of ether oxygens (including phenoxy) is 1. The minimum atomic E-state index is 0.552. The summed E-state index contributed by atoms with van der Waals surface area (Å²) < 4.78 is 7.11. The van der Waals surface area contributed by atoms with Gasteiger partial charge in [0.2, 0.25) is 0 Å². The van der Waals surface area contributed by atoms with Crippen LogP contribution in [-0.4, -0.2) is 59.0 Å². The maximum atomic E-state index is 5.12. The topological polar surface area (TPSA) is 67.6 Å². The smallest absolute Gasteiger partial charge is 0.194 e. The summed E-state index contributed by atoms with van der Waals surface area (Å²) in [6.45, 7) is 8.59. The number of rotatable bonds is 6. The van der Waals surface area contributed by atoms with Crippen molar-refractivity contribution in [2.45, 2.75) is 39.7 Å². The summed E-state index contributed by atoms with van der Waals surface area (Å²) in [4.78, 5) is 7.14. The average Bonchev–Trinajstić information content (AvgIpc) is 2.87. The fourth-order valence-corrected chi connectivity index (χ4v) is 2.64. The fraction of sp³-hybridized carbons (Fsp3) is 0.812. The summed E-state index contributed by atoms with van der Waals surface area (Å²) in [7, 11) is 3.71. The van der Waals surface area contributed by atoms with Gasteiger partial charge in [0.1, 0.15) is 12.4 Å². The molecule has 1 aliphatic rings. The molecule has 1 fully saturated rings. The van der Waals surface area contributed by atoms with Crippen molar-refractivity contribution >= 4 is 5.96 Å². The molecule has 2 rings (SSSR count). The maximum Gasteiger partial charge on any atom is 0.194 e. The fourth-order valence-electron chi connectivity index (χ4n) is 2.64. The molecule has 0 unspecified atom stereocenters. The van der Waals surface area contributed by atoms with Crippen molar-refractivity contribution in [3.63, 3.8) is 0 Å². The van der Waals surface area contributed by atoms with Gasteiger partial charge in [-0.25, -0.2) is 4.99 Å². The molecule has 1 aliphatic heterocycles. The van der Waals surface area contributed by atoms with Gasteiger partial charge in [0.15, 0.2) is 11.8 Å². The van der Waals surface area contributed by atoms with Crippen molar-refractivity contribution in [2.75, 3.05) is 33.4 Å². The molecule has 0 atom stereocenters. The number of hydrogen-bond acceptors (Lipinski definition) is 4. The van der Waals surface area contributed by atoms with E-state index in [1.807, 2.05) is 18.5 Å². The van der Waals surface area contributed by atoms with E-state index in [0.717, 1.165) is 56.2 Å². The maximum absolute atomic E-state index is 5.12. The van der Waals surface area contributed by atoms with Crippen LogP contribution in [0.4, 0.5) is 0 Å². The number of aliphatic imine (C=N–C) groups is 1. The molecule has 130 valence electrons. The second kappa shape index (κ2) is 8.86. The molecule has 1 aromatic heterocycles. The van der Waals surface area contributed by atoms with Gasteiger partial charge in [-0.2, -0.15) is 0 Å². The highest BCUT2D eigenvalue weighted by molar-refractivity contribution is 5.80. The summed E-state index contributed by atoms with van der Waals surface area (Å²) in [5, 5.41) is 11.8. The van der Waals surface area contributed by atoms with Gasteiger partial charge in [-0.05, 0) is 32.1 Å². The van der Waals surface area contributed by atoms with Crippen LogP contribution in [0.15, 0.2) is 4.99 Å². The monoisotopic (exact) mass is 322 g/mol. The Kier molecular flexibility index (Phi) is 6.83. The van der Waals surface area contributed by atoms with E-state index in [1.165, 1.54) is 12.8 Å². The highest BCUT2D eigenvalue weighted by Crippen LogP contribution is 2.16. The molecular weight excluding hydrogens is 292 g/mol. The third-order valence-electron chi connectivity index (χ3n) is 4.44. The quantitative estimate of drug-likeness (QED) is 0.486. The Hall–Kier alpha value is -1.63. The first-order chi connectivity index (χ1) is 11.1. The Morgan fingerprint density at radius 3 is 2.70 bits per heavy atom. The molecule has 2 heterocycles. The van der Waals surface area contributed by atoms with E-state index in [-0.39, 0.29) is 0 Å². The van der Waals surface area contributed by atoms with Crippen molar-refractivity contribution in [1.82, 2.24) is 25.0 Å². The van der Waals surface area contributed by atoms with Crippen LogP contribution >= 0.6 is 0 Å². The summed E-state index contributed by atoms with van der Waals surface area (Å²) in [6.07, 6.45) is 3.42. The second-order valence-corrected chi connectivity index (χ2v) is 6.30. The van der Waals surface area contributed by atoms with Crippen LogP contribution in [-0.2, 0) is 18.3 Å². The molecule has 23 heavy (non-hydrogen) atoms. The van der Waals surface area contributed by atoms with Crippen LogP contribution in [0.2, 0.25) is 0 Å². The van der Waals surface area contributed by atoms with Gasteiger partial charge in [-0.3, -0.25) is 0 Å². The standard InChI is InChI=1S/C16H30N6O/c1-13-6-9-22(10-7-13)16(17-8-5-11-23-4)18-12-15-20-19-14(2)21(15)3/h13H,5-12H2,1-4H3,(H,17,18). The van der Waals surface area contributed by atoms with E-state index >= 15 is 0 Å². The Balaban J connectivity index is 1.99. The summed E-state index contributed by atoms with van der Waals surface area (Å²) in [5.74, 6) is 3.59. The molecule has 7 heteroatoms.